The van der Waals surface area contributed by atoms with Crippen molar-refractivity contribution in [2.24, 2.45) is 0 Å². The number of hydrogen-bond donors (Lipinski definition) is 0. The van der Waals surface area contributed by atoms with Crippen LogP contribution in [-0.2, 0) is 14.3 Å². The largest absolute Gasteiger partial charge is 0.496 e. The maximum atomic E-state index is 12.1. The summed E-state index contributed by atoms with van der Waals surface area (Å²) in [5.41, 5.74) is 1.72. The molecule has 0 unspecified atom stereocenters. The van der Waals surface area contributed by atoms with E-state index in [1.54, 1.807) is 50.6 Å². The van der Waals surface area contributed by atoms with E-state index in [1.165, 1.54) is 0 Å². The van der Waals surface area contributed by atoms with Gasteiger partial charge in [0.25, 0.3) is 0 Å². The van der Waals surface area contributed by atoms with Gasteiger partial charge in [0.15, 0.2) is 0 Å². The van der Waals surface area contributed by atoms with Crippen molar-refractivity contribution in [3.63, 3.8) is 0 Å². The van der Waals surface area contributed by atoms with Crippen LogP contribution in [-0.4, -0.2) is 26.2 Å². The Kier molecular flexibility index (Phi) is 4.66. The first-order valence-electron chi connectivity index (χ1n) is 7.60. The molecule has 5 heteroatoms. The van der Waals surface area contributed by atoms with Crippen LogP contribution in [0.4, 0.5) is 0 Å². The van der Waals surface area contributed by atoms with Gasteiger partial charge in [-0.25, -0.2) is 9.59 Å². The predicted octanol–water partition coefficient (Wildman–Crippen LogP) is 3.25. The summed E-state index contributed by atoms with van der Waals surface area (Å²) in [6.45, 7) is 0. The summed E-state index contributed by atoms with van der Waals surface area (Å²) in [7, 11) is 3.09. The van der Waals surface area contributed by atoms with Crippen molar-refractivity contribution in [2.45, 2.75) is 0 Å². The van der Waals surface area contributed by atoms with Crippen LogP contribution >= 0.6 is 0 Å². The van der Waals surface area contributed by atoms with Crippen molar-refractivity contribution >= 4 is 24.1 Å². The number of methoxy groups -OCH3 is 2. The molecule has 1 aliphatic heterocycles. The predicted molar refractivity (Wildman–Crippen MR) is 93.0 cm³/mol. The highest BCUT2D eigenvalue weighted by atomic mass is 16.6. The number of hydrogen-bond acceptors (Lipinski definition) is 5. The van der Waals surface area contributed by atoms with Crippen LogP contribution in [0.3, 0.4) is 0 Å². The Bertz CT molecular complexity index is 819. The van der Waals surface area contributed by atoms with Crippen LogP contribution < -0.4 is 9.47 Å². The lowest BCUT2D eigenvalue weighted by Gasteiger charge is -2.06. The zero-order valence-corrected chi connectivity index (χ0v) is 13.8. The van der Waals surface area contributed by atoms with Crippen molar-refractivity contribution in [3.8, 4) is 11.5 Å². The molecule has 25 heavy (non-hydrogen) atoms. The third-order valence-electron chi connectivity index (χ3n) is 3.79. The highest BCUT2D eigenvalue weighted by Gasteiger charge is 2.33. The average molecular weight is 336 g/mol. The fraction of sp³-hybridized carbons (Fsp3) is 0.100. The van der Waals surface area contributed by atoms with E-state index in [0.29, 0.717) is 22.6 Å². The van der Waals surface area contributed by atoms with Crippen molar-refractivity contribution in [1.29, 1.82) is 0 Å². The summed E-state index contributed by atoms with van der Waals surface area (Å²) < 4.78 is 15.4. The second-order valence-electron chi connectivity index (χ2n) is 5.28. The second-order valence-corrected chi connectivity index (χ2v) is 5.28. The van der Waals surface area contributed by atoms with Crippen LogP contribution in [0.2, 0.25) is 0 Å². The number of rotatable bonds is 4. The SMILES string of the molecule is COc1ccccc1C=C1C(=O)OC(=O)C1=Cc1ccccc1OC. The minimum absolute atomic E-state index is 0.181. The van der Waals surface area contributed by atoms with Gasteiger partial charge in [0.05, 0.1) is 25.4 Å². The Morgan fingerprint density at radius 3 is 1.52 bits per heavy atom. The standard InChI is InChI=1S/C20H16O5/c1-23-17-9-5-3-7-13(17)11-15-16(20(22)25-19(15)21)12-14-8-4-6-10-18(14)24-2/h3-12H,1-2H3. The van der Waals surface area contributed by atoms with E-state index in [1.807, 2.05) is 24.3 Å². The van der Waals surface area contributed by atoms with Gasteiger partial charge >= 0.3 is 11.9 Å². The quantitative estimate of drug-likeness (QED) is 0.487. The van der Waals surface area contributed by atoms with Crippen LogP contribution in [0, 0.1) is 0 Å². The topological polar surface area (TPSA) is 61.8 Å². The van der Waals surface area contributed by atoms with E-state index in [4.69, 9.17) is 14.2 Å². The minimum atomic E-state index is -0.683. The molecule has 3 rings (SSSR count). The first-order valence-corrected chi connectivity index (χ1v) is 7.60. The summed E-state index contributed by atoms with van der Waals surface area (Å²) in [5.74, 6) is -0.174. The Hall–Kier alpha value is -3.34. The molecular weight excluding hydrogens is 320 g/mol. The molecule has 0 N–H and O–H groups in total. The summed E-state index contributed by atoms with van der Waals surface area (Å²) >= 11 is 0. The molecule has 0 saturated carbocycles. The number of para-hydroxylation sites is 2. The first kappa shape index (κ1) is 16.5. The molecule has 0 bridgehead atoms. The lowest BCUT2D eigenvalue weighted by Crippen LogP contribution is -1.97. The highest BCUT2D eigenvalue weighted by Crippen LogP contribution is 2.31. The Morgan fingerprint density at radius 2 is 1.12 bits per heavy atom. The van der Waals surface area contributed by atoms with Crippen molar-refractivity contribution in [2.75, 3.05) is 14.2 Å². The number of carbonyl (C=O) groups excluding carboxylic acids is 2. The molecule has 2 aromatic rings. The van der Waals surface area contributed by atoms with Gasteiger partial charge in [0.1, 0.15) is 11.5 Å². The number of cyclic esters (lactones) is 2. The third kappa shape index (κ3) is 3.30. The van der Waals surface area contributed by atoms with Gasteiger partial charge in [-0.1, -0.05) is 36.4 Å². The molecule has 0 spiro atoms. The zero-order valence-electron chi connectivity index (χ0n) is 13.8. The van der Waals surface area contributed by atoms with Gasteiger partial charge in [-0.15, -0.1) is 0 Å². The molecule has 1 saturated heterocycles. The lowest BCUT2D eigenvalue weighted by atomic mass is 10.0. The molecule has 1 heterocycles. The van der Waals surface area contributed by atoms with E-state index in [2.05, 4.69) is 0 Å². The Labute approximate surface area is 145 Å². The van der Waals surface area contributed by atoms with Crippen molar-refractivity contribution in [3.05, 3.63) is 70.8 Å². The van der Waals surface area contributed by atoms with Gasteiger partial charge in [0, 0.05) is 11.1 Å². The Balaban J connectivity index is 2.11. The molecule has 1 fully saturated rings. The minimum Gasteiger partial charge on any atom is -0.496 e. The maximum absolute atomic E-state index is 12.1. The van der Waals surface area contributed by atoms with Crippen LogP contribution in [0.25, 0.3) is 12.2 Å². The number of esters is 2. The van der Waals surface area contributed by atoms with Gasteiger partial charge in [-0.05, 0) is 24.3 Å². The normalized spacial score (nSPS) is 17.0. The number of benzene rings is 2. The summed E-state index contributed by atoms with van der Waals surface area (Å²) in [6.07, 6.45) is 3.18. The zero-order chi connectivity index (χ0) is 17.8. The van der Waals surface area contributed by atoms with Crippen LogP contribution in [0.1, 0.15) is 11.1 Å². The fourth-order valence-electron chi connectivity index (χ4n) is 2.57. The molecule has 0 aromatic heterocycles. The fourth-order valence-corrected chi connectivity index (χ4v) is 2.57. The molecule has 0 atom stereocenters. The average Bonchev–Trinajstić information content (AvgIpc) is 2.89. The molecule has 0 amide bonds. The van der Waals surface area contributed by atoms with E-state index in [-0.39, 0.29) is 11.1 Å². The van der Waals surface area contributed by atoms with Crippen LogP contribution in [0.5, 0.6) is 11.5 Å². The van der Waals surface area contributed by atoms with E-state index in [9.17, 15) is 9.59 Å². The van der Waals surface area contributed by atoms with Gasteiger partial charge in [-0.2, -0.15) is 0 Å². The molecule has 126 valence electrons. The smallest absolute Gasteiger partial charge is 0.346 e. The monoisotopic (exact) mass is 336 g/mol. The second kappa shape index (κ2) is 7.05. The highest BCUT2D eigenvalue weighted by molar-refractivity contribution is 6.22. The molecular formula is C20H16O5. The summed E-state index contributed by atoms with van der Waals surface area (Å²) in [6, 6.07) is 14.4. The molecule has 0 radical (unpaired) electrons. The first-order chi connectivity index (χ1) is 12.1. The molecule has 5 nitrogen and oxygen atoms in total. The lowest BCUT2D eigenvalue weighted by molar-refractivity contribution is -0.149. The molecule has 2 aromatic carbocycles. The van der Waals surface area contributed by atoms with Gasteiger partial charge < -0.3 is 14.2 Å². The summed E-state index contributed by atoms with van der Waals surface area (Å²) in [4.78, 5) is 24.2. The van der Waals surface area contributed by atoms with Crippen molar-refractivity contribution in [1.82, 2.24) is 0 Å². The molecule has 1 aliphatic rings. The van der Waals surface area contributed by atoms with Crippen LogP contribution in [0.15, 0.2) is 59.7 Å². The van der Waals surface area contributed by atoms with Gasteiger partial charge in [0.2, 0.25) is 0 Å². The Morgan fingerprint density at radius 1 is 0.720 bits per heavy atom. The van der Waals surface area contributed by atoms with E-state index < -0.39 is 11.9 Å². The number of carbonyl (C=O) groups is 2. The molecule has 0 aliphatic carbocycles. The van der Waals surface area contributed by atoms with E-state index >= 15 is 0 Å². The third-order valence-corrected chi connectivity index (χ3v) is 3.79. The van der Waals surface area contributed by atoms with E-state index in [0.717, 1.165) is 0 Å². The van der Waals surface area contributed by atoms with Crippen molar-refractivity contribution < 1.29 is 23.8 Å². The number of ether oxygens (including phenoxy) is 3. The maximum Gasteiger partial charge on any atom is 0.346 e. The van der Waals surface area contributed by atoms with Gasteiger partial charge in [-0.3, -0.25) is 0 Å². The summed E-state index contributed by atoms with van der Waals surface area (Å²) in [5, 5.41) is 0.